The Hall–Kier alpha value is -4.41. The van der Waals surface area contributed by atoms with Gasteiger partial charge in [-0.05, 0) is 30.2 Å². The number of benzene rings is 1. The van der Waals surface area contributed by atoms with Gasteiger partial charge in [0.25, 0.3) is 5.91 Å². The van der Waals surface area contributed by atoms with Gasteiger partial charge in [0.1, 0.15) is 29.7 Å². The van der Waals surface area contributed by atoms with E-state index in [9.17, 15) is 24.3 Å². The van der Waals surface area contributed by atoms with E-state index in [1.165, 1.54) is 14.0 Å². The van der Waals surface area contributed by atoms with Crippen LogP contribution in [0.2, 0.25) is 0 Å². The first kappa shape index (κ1) is 26.2. The fourth-order valence-corrected chi connectivity index (χ4v) is 3.61. The van der Waals surface area contributed by atoms with Crippen molar-refractivity contribution in [3.05, 3.63) is 48.2 Å². The van der Waals surface area contributed by atoms with Gasteiger partial charge < -0.3 is 25.8 Å². The monoisotopic (exact) mass is 495 g/mol. The van der Waals surface area contributed by atoms with Crippen LogP contribution in [0.15, 0.2) is 42.6 Å². The maximum absolute atomic E-state index is 12.8. The SMILES string of the molecule is CCC(C)C(NC(=O)c1ccn2c(NCC(=O)OC)c(-c3ccc(NC(C)=O)cc3)nc2c1)C(=O)O. The van der Waals surface area contributed by atoms with Crippen molar-refractivity contribution in [3.63, 3.8) is 0 Å². The van der Waals surface area contributed by atoms with Gasteiger partial charge in [-0.1, -0.05) is 32.4 Å². The summed E-state index contributed by atoms with van der Waals surface area (Å²) in [5, 5.41) is 17.8. The number of amides is 2. The molecule has 0 spiro atoms. The van der Waals surface area contributed by atoms with Crippen molar-refractivity contribution >= 4 is 40.9 Å². The third-order valence-corrected chi connectivity index (χ3v) is 5.76. The van der Waals surface area contributed by atoms with Crippen LogP contribution in [0, 0.1) is 5.92 Å². The summed E-state index contributed by atoms with van der Waals surface area (Å²) >= 11 is 0. The first-order valence-corrected chi connectivity index (χ1v) is 11.4. The van der Waals surface area contributed by atoms with E-state index in [0.717, 1.165) is 0 Å². The largest absolute Gasteiger partial charge is 0.480 e. The van der Waals surface area contributed by atoms with E-state index in [0.29, 0.717) is 34.8 Å². The number of imidazole rings is 1. The molecule has 190 valence electrons. The van der Waals surface area contributed by atoms with Crippen molar-refractivity contribution in [3.8, 4) is 11.3 Å². The Labute approximate surface area is 207 Å². The lowest BCUT2D eigenvalue weighted by atomic mass is 9.99. The number of carboxylic acids is 1. The Balaban J connectivity index is 2.00. The number of nitrogens with zero attached hydrogens (tertiary/aromatic N) is 2. The standard InChI is InChI=1S/C25H29N5O6/c1-5-14(2)21(25(34)35)29-24(33)17-10-11-30-19(12-17)28-22(23(30)26-13-20(32)36-4)16-6-8-18(9-7-16)27-15(3)31/h6-12,14,21,26H,5,13H2,1-4H3,(H,27,31)(H,29,33)(H,34,35). The van der Waals surface area contributed by atoms with Crippen molar-refractivity contribution in [2.24, 2.45) is 5.92 Å². The summed E-state index contributed by atoms with van der Waals surface area (Å²) in [6.45, 7) is 4.93. The Morgan fingerprint density at radius 3 is 2.42 bits per heavy atom. The van der Waals surface area contributed by atoms with E-state index in [2.05, 4.69) is 20.9 Å². The molecule has 2 aromatic heterocycles. The molecule has 0 saturated carbocycles. The zero-order valence-corrected chi connectivity index (χ0v) is 20.5. The van der Waals surface area contributed by atoms with Crippen LogP contribution in [0.1, 0.15) is 37.6 Å². The number of rotatable bonds is 10. The minimum atomic E-state index is -1.10. The number of carbonyl (C=O) groups is 4. The number of aliphatic carboxylic acids is 1. The summed E-state index contributed by atoms with van der Waals surface area (Å²) in [6, 6.07) is 9.07. The van der Waals surface area contributed by atoms with Gasteiger partial charge in [-0.25, -0.2) is 9.78 Å². The summed E-state index contributed by atoms with van der Waals surface area (Å²) < 4.78 is 6.40. The molecule has 0 aliphatic carbocycles. The van der Waals surface area contributed by atoms with Crippen molar-refractivity contribution in [1.29, 1.82) is 0 Å². The number of nitrogens with one attached hydrogen (secondary N) is 3. The second-order valence-electron chi connectivity index (χ2n) is 8.32. The van der Waals surface area contributed by atoms with Crippen LogP contribution in [-0.4, -0.2) is 57.9 Å². The van der Waals surface area contributed by atoms with Gasteiger partial charge in [0.15, 0.2) is 0 Å². The number of esters is 1. The predicted molar refractivity (Wildman–Crippen MR) is 134 cm³/mol. The molecule has 11 nitrogen and oxygen atoms in total. The summed E-state index contributed by atoms with van der Waals surface area (Å²) in [6.07, 6.45) is 2.21. The quantitative estimate of drug-likeness (QED) is 0.314. The topological polar surface area (TPSA) is 151 Å². The zero-order chi connectivity index (χ0) is 26.4. The predicted octanol–water partition coefficient (Wildman–Crippen LogP) is 2.77. The van der Waals surface area contributed by atoms with Crippen LogP contribution in [0.4, 0.5) is 11.5 Å². The van der Waals surface area contributed by atoms with Crippen LogP contribution in [0.25, 0.3) is 16.9 Å². The van der Waals surface area contributed by atoms with Gasteiger partial charge in [0, 0.05) is 29.9 Å². The van der Waals surface area contributed by atoms with Crippen molar-refractivity contribution in [2.75, 3.05) is 24.3 Å². The normalized spacial score (nSPS) is 12.4. The highest BCUT2D eigenvalue weighted by molar-refractivity contribution is 5.97. The molecular weight excluding hydrogens is 466 g/mol. The molecule has 2 heterocycles. The molecule has 0 aliphatic heterocycles. The molecule has 11 heteroatoms. The third-order valence-electron chi connectivity index (χ3n) is 5.76. The van der Waals surface area contributed by atoms with Crippen LogP contribution >= 0.6 is 0 Å². The maximum Gasteiger partial charge on any atom is 0.326 e. The highest BCUT2D eigenvalue weighted by Crippen LogP contribution is 2.30. The van der Waals surface area contributed by atoms with E-state index in [4.69, 9.17) is 4.74 Å². The molecule has 3 aromatic rings. The molecule has 3 rings (SSSR count). The van der Waals surface area contributed by atoms with E-state index >= 15 is 0 Å². The van der Waals surface area contributed by atoms with Crippen LogP contribution in [0.3, 0.4) is 0 Å². The van der Waals surface area contributed by atoms with Gasteiger partial charge >= 0.3 is 11.9 Å². The average molecular weight is 496 g/mol. The minimum absolute atomic E-state index is 0.112. The fraction of sp³-hybridized carbons (Fsp3) is 0.320. The van der Waals surface area contributed by atoms with E-state index < -0.39 is 23.9 Å². The molecule has 2 unspecified atom stereocenters. The highest BCUT2D eigenvalue weighted by atomic mass is 16.5. The van der Waals surface area contributed by atoms with Crippen LogP contribution in [0.5, 0.6) is 0 Å². The van der Waals surface area contributed by atoms with Gasteiger partial charge in [-0.15, -0.1) is 0 Å². The van der Waals surface area contributed by atoms with Crippen LogP contribution < -0.4 is 16.0 Å². The van der Waals surface area contributed by atoms with Crippen molar-refractivity contribution in [1.82, 2.24) is 14.7 Å². The number of anilines is 2. The summed E-state index contributed by atoms with van der Waals surface area (Å²) in [7, 11) is 1.29. The number of hydrogen-bond acceptors (Lipinski definition) is 7. The molecule has 0 bridgehead atoms. The van der Waals surface area contributed by atoms with Gasteiger partial charge in [0.05, 0.1) is 7.11 Å². The molecule has 0 saturated heterocycles. The Morgan fingerprint density at radius 1 is 1.14 bits per heavy atom. The second kappa shape index (κ2) is 11.3. The van der Waals surface area contributed by atoms with Gasteiger partial charge in [-0.3, -0.25) is 18.8 Å². The van der Waals surface area contributed by atoms with Crippen LogP contribution in [-0.2, 0) is 19.1 Å². The molecule has 36 heavy (non-hydrogen) atoms. The molecule has 0 fully saturated rings. The summed E-state index contributed by atoms with van der Waals surface area (Å²) in [4.78, 5) is 52.2. The molecule has 2 amide bonds. The Bertz CT molecular complexity index is 1280. The Morgan fingerprint density at radius 2 is 1.83 bits per heavy atom. The average Bonchev–Trinajstić information content (AvgIpc) is 3.22. The molecule has 0 radical (unpaired) electrons. The van der Waals surface area contributed by atoms with E-state index in [-0.39, 0.29) is 23.9 Å². The number of ether oxygens (including phenoxy) is 1. The number of carboxylic acid groups (broad SMARTS) is 1. The maximum atomic E-state index is 12.8. The lowest BCUT2D eigenvalue weighted by Crippen LogP contribution is -2.45. The zero-order valence-electron chi connectivity index (χ0n) is 20.5. The summed E-state index contributed by atoms with van der Waals surface area (Å²) in [5.74, 6) is -2.05. The lowest BCUT2D eigenvalue weighted by Gasteiger charge is -2.20. The summed E-state index contributed by atoms with van der Waals surface area (Å²) in [5.41, 5.74) is 2.48. The fourth-order valence-electron chi connectivity index (χ4n) is 3.61. The highest BCUT2D eigenvalue weighted by Gasteiger charge is 2.26. The molecule has 0 aliphatic rings. The number of fused-ring (bicyclic) bond motifs is 1. The number of methoxy groups -OCH3 is 1. The minimum Gasteiger partial charge on any atom is -0.480 e. The lowest BCUT2D eigenvalue weighted by molar-refractivity contribution is -0.140. The number of aromatic nitrogens is 2. The molecule has 2 atom stereocenters. The number of pyridine rings is 1. The van der Waals surface area contributed by atoms with E-state index in [1.54, 1.807) is 53.9 Å². The smallest absolute Gasteiger partial charge is 0.326 e. The number of carbonyl (C=O) groups excluding carboxylic acids is 3. The molecular formula is C25H29N5O6. The van der Waals surface area contributed by atoms with Crippen molar-refractivity contribution in [2.45, 2.75) is 33.2 Å². The first-order chi connectivity index (χ1) is 17.1. The van der Waals surface area contributed by atoms with Crippen molar-refractivity contribution < 1.29 is 29.0 Å². The first-order valence-electron chi connectivity index (χ1n) is 11.4. The molecule has 4 N–H and O–H groups in total. The molecule has 1 aromatic carbocycles. The number of hydrogen-bond donors (Lipinski definition) is 4. The third kappa shape index (κ3) is 5.98. The van der Waals surface area contributed by atoms with Gasteiger partial charge in [-0.2, -0.15) is 0 Å². The second-order valence-corrected chi connectivity index (χ2v) is 8.32. The Kier molecular flexibility index (Phi) is 8.26. The van der Waals surface area contributed by atoms with Gasteiger partial charge in [0.2, 0.25) is 5.91 Å². The van der Waals surface area contributed by atoms with E-state index in [1.807, 2.05) is 6.92 Å².